The lowest BCUT2D eigenvalue weighted by atomic mass is 10.2. The number of amides is 1. The highest BCUT2D eigenvalue weighted by Gasteiger charge is 2.13. The molecular weight excluding hydrogens is 406 g/mol. The summed E-state index contributed by atoms with van der Waals surface area (Å²) in [7, 11) is 0. The van der Waals surface area contributed by atoms with Crippen molar-refractivity contribution in [2.45, 2.75) is 13.8 Å². The van der Waals surface area contributed by atoms with E-state index in [1.165, 1.54) is 4.68 Å². The lowest BCUT2D eigenvalue weighted by molar-refractivity contribution is -0.118. The van der Waals surface area contributed by atoms with E-state index in [2.05, 4.69) is 15.4 Å². The average molecular weight is 428 g/mol. The van der Waals surface area contributed by atoms with E-state index in [1.54, 1.807) is 36.7 Å². The fourth-order valence-corrected chi connectivity index (χ4v) is 2.82. The number of carbonyl (C=O) groups is 1. The second-order valence-corrected chi connectivity index (χ2v) is 6.69. The Hall–Kier alpha value is -3.52. The van der Waals surface area contributed by atoms with Gasteiger partial charge in [-0.15, -0.1) is 0 Å². The summed E-state index contributed by atoms with van der Waals surface area (Å²) in [5, 5.41) is 7.41. The van der Waals surface area contributed by atoms with Gasteiger partial charge in [0.2, 0.25) is 5.95 Å². The first-order chi connectivity index (χ1) is 14.5. The van der Waals surface area contributed by atoms with Crippen molar-refractivity contribution in [1.29, 1.82) is 0 Å². The number of benzene rings is 2. The van der Waals surface area contributed by atoms with E-state index in [0.29, 0.717) is 34.4 Å². The first-order valence-electron chi connectivity index (χ1n) is 9.26. The third-order valence-corrected chi connectivity index (χ3v) is 4.26. The fourth-order valence-electron chi connectivity index (χ4n) is 2.61. The summed E-state index contributed by atoms with van der Waals surface area (Å²) in [5.41, 5.74) is 7.84. The van der Waals surface area contributed by atoms with Crippen LogP contribution in [0.3, 0.4) is 0 Å². The molecule has 0 saturated carbocycles. The first kappa shape index (κ1) is 21.2. The van der Waals surface area contributed by atoms with Gasteiger partial charge in [0.15, 0.2) is 18.1 Å². The molecule has 3 N–H and O–H groups in total. The molecule has 1 heterocycles. The Morgan fingerprint density at radius 2 is 2.00 bits per heavy atom. The maximum Gasteiger partial charge on any atom is 0.262 e. The summed E-state index contributed by atoms with van der Waals surface area (Å²) in [4.78, 5) is 16.2. The summed E-state index contributed by atoms with van der Waals surface area (Å²) in [5.74, 6) is 0.788. The number of carbonyl (C=O) groups excluding carboxylic acids is 1. The second kappa shape index (κ2) is 9.80. The van der Waals surface area contributed by atoms with Gasteiger partial charge in [-0.25, -0.2) is 9.66 Å². The number of para-hydroxylation sites is 1. The normalized spacial score (nSPS) is 10.9. The standard InChI is InChI=1S/C21H22ClN5O3/c1-3-29-18-9-15(11-24-27-12-14(2)25-21(27)23)17(22)10-19(18)30-13-20(28)26-16-7-5-4-6-8-16/h4-12H,3,13H2,1-2H3,(H2,23,25)(H,26,28). The van der Waals surface area contributed by atoms with E-state index in [1.807, 2.05) is 32.0 Å². The van der Waals surface area contributed by atoms with Gasteiger partial charge in [0.25, 0.3) is 5.91 Å². The van der Waals surface area contributed by atoms with Crippen LogP contribution in [0.4, 0.5) is 11.6 Å². The van der Waals surface area contributed by atoms with Crippen molar-refractivity contribution in [1.82, 2.24) is 9.66 Å². The molecule has 9 heteroatoms. The molecular formula is C21H22ClN5O3. The fraction of sp³-hybridized carbons (Fsp3) is 0.190. The zero-order chi connectivity index (χ0) is 21.5. The van der Waals surface area contributed by atoms with Gasteiger partial charge in [0.1, 0.15) is 0 Å². The number of nitrogens with two attached hydrogens (primary N) is 1. The van der Waals surface area contributed by atoms with E-state index in [9.17, 15) is 4.79 Å². The highest BCUT2D eigenvalue weighted by molar-refractivity contribution is 6.33. The molecule has 30 heavy (non-hydrogen) atoms. The van der Waals surface area contributed by atoms with Crippen molar-refractivity contribution in [2.75, 3.05) is 24.3 Å². The molecule has 0 radical (unpaired) electrons. The number of nitrogens with zero attached hydrogens (tertiary/aromatic N) is 3. The number of aryl methyl sites for hydroxylation is 1. The van der Waals surface area contributed by atoms with Crippen molar-refractivity contribution in [3.8, 4) is 11.5 Å². The predicted octanol–water partition coefficient (Wildman–Crippen LogP) is 3.73. The summed E-state index contributed by atoms with van der Waals surface area (Å²) < 4.78 is 12.7. The van der Waals surface area contributed by atoms with Gasteiger partial charge in [-0.2, -0.15) is 5.10 Å². The van der Waals surface area contributed by atoms with Crippen LogP contribution in [-0.4, -0.2) is 35.0 Å². The molecule has 0 atom stereocenters. The minimum absolute atomic E-state index is 0.191. The number of halogens is 1. The maximum absolute atomic E-state index is 12.1. The number of imidazole rings is 1. The molecule has 3 rings (SSSR count). The van der Waals surface area contributed by atoms with Gasteiger partial charge in [-0.3, -0.25) is 4.79 Å². The van der Waals surface area contributed by atoms with Gasteiger partial charge in [-0.1, -0.05) is 29.8 Å². The summed E-state index contributed by atoms with van der Waals surface area (Å²) >= 11 is 6.37. The number of nitrogens with one attached hydrogen (secondary N) is 1. The molecule has 1 amide bonds. The quantitative estimate of drug-likeness (QED) is 0.533. The number of hydrogen-bond acceptors (Lipinski definition) is 6. The highest BCUT2D eigenvalue weighted by Crippen LogP contribution is 2.33. The number of hydrogen-bond donors (Lipinski definition) is 2. The lowest BCUT2D eigenvalue weighted by Gasteiger charge is -2.13. The maximum atomic E-state index is 12.1. The topological polar surface area (TPSA) is 104 Å². The minimum atomic E-state index is -0.295. The predicted molar refractivity (Wildman–Crippen MR) is 118 cm³/mol. The Bertz CT molecular complexity index is 1050. The molecule has 3 aromatic rings. The Labute approximate surface area is 179 Å². The van der Waals surface area contributed by atoms with Crippen LogP contribution in [0, 0.1) is 6.92 Å². The second-order valence-electron chi connectivity index (χ2n) is 6.29. The van der Waals surface area contributed by atoms with Crippen LogP contribution in [0.2, 0.25) is 5.02 Å². The molecule has 0 aliphatic heterocycles. The zero-order valence-corrected chi connectivity index (χ0v) is 17.4. The number of nitrogen functional groups attached to an aromatic ring is 1. The van der Waals surface area contributed by atoms with Crippen LogP contribution in [0.1, 0.15) is 18.2 Å². The largest absolute Gasteiger partial charge is 0.490 e. The molecule has 8 nitrogen and oxygen atoms in total. The van der Waals surface area contributed by atoms with Gasteiger partial charge >= 0.3 is 0 Å². The third-order valence-electron chi connectivity index (χ3n) is 3.94. The van der Waals surface area contributed by atoms with Gasteiger partial charge < -0.3 is 20.5 Å². The van der Waals surface area contributed by atoms with E-state index >= 15 is 0 Å². The summed E-state index contributed by atoms with van der Waals surface area (Å²) in [6.07, 6.45) is 3.25. The Morgan fingerprint density at radius 3 is 2.67 bits per heavy atom. The van der Waals surface area contributed by atoms with Crippen molar-refractivity contribution in [2.24, 2.45) is 5.10 Å². The molecule has 0 spiro atoms. The molecule has 2 aromatic carbocycles. The number of rotatable bonds is 8. The zero-order valence-electron chi connectivity index (χ0n) is 16.6. The van der Waals surface area contributed by atoms with E-state index in [4.69, 9.17) is 26.8 Å². The van der Waals surface area contributed by atoms with Gasteiger partial charge in [0, 0.05) is 17.3 Å². The Kier molecular flexibility index (Phi) is 6.92. The van der Waals surface area contributed by atoms with E-state index < -0.39 is 0 Å². The smallest absolute Gasteiger partial charge is 0.262 e. The molecule has 0 saturated heterocycles. The first-order valence-corrected chi connectivity index (χ1v) is 9.64. The molecule has 0 aliphatic carbocycles. The van der Waals surface area contributed by atoms with E-state index in [-0.39, 0.29) is 18.5 Å². The molecule has 156 valence electrons. The van der Waals surface area contributed by atoms with Crippen LogP contribution in [0.15, 0.2) is 53.8 Å². The van der Waals surface area contributed by atoms with E-state index in [0.717, 1.165) is 5.69 Å². The Morgan fingerprint density at radius 1 is 1.27 bits per heavy atom. The van der Waals surface area contributed by atoms with Crippen LogP contribution >= 0.6 is 11.6 Å². The monoisotopic (exact) mass is 427 g/mol. The number of ether oxygens (including phenoxy) is 2. The number of aromatic nitrogens is 2. The molecule has 1 aromatic heterocycles. The molecule has 0 unspecified atom stereocenters. The van der Waals surface area contributed by atoms with Crippen LogP contribution in [0.25, 0.3) is 0 Å². The highest BCUT2D eigenvalue weighted by atomic mass is 35.5. The van der Waals surface area contributed by atoms with Gasteiger partial charge in [-0.05, 0) is 32.0 Å². The SMILES string of the molecule is CCOc1cc(C=Nn2cc(C)nc2N)c(Cl)cc1OCC(=O)Nc1ccccc1. The van der Waals surface area contributed by atoms with Crippen LogP contribution in [-0.2, 0) is 4.79 Å². The molecule has 0 bridgehead atoms. The number of anilines is 2. The Balaban J connectivity index is 1.74. The summed E-state index contributed by atoms with van der Waals surface area (Å²) in [6, 6.07) is 12.4. The minimum Gasteiger partial charge on any atom is -0.490 e. The lowest BCUT2D eigenvalue weighted by Crippen LogP contribution is -2.20. The van der Waals surface area contributed by atoms with Crippen LogP contribution < -0.4 is 20.5 Å². The van der Waals surface area contributed by atoms with Crippen molar-refractivity contribution in [3.63, 3.8) is 0 Å². The van der Waals surface area contributed by atoms with Crippen molar-refractivity contribution in [3.05, 3.63) is 64.9 Å². The van der Waals surface area contributed by atoms with Crippen molar-refractivity contribution < 1.29 is 14.3 Å². The van der Waals surface area contributed by atoms with Crippen LogP contribution in [0.5, 0.6) is 11.5 Å². The molecule has 0 aliphatic rings. The average Bonchev–Trinajstić information content (AvgIpc) is 3.04. The van der Waals surface area contributed by atoms with Crippen molar-refractivity contribution >= 4 is 35.4 Å². The molecule has 0 fully saturated rings. The van der Waals surface area contributed by atoms with Gasteiger partial charge in [0.05, 0.1) is 29.7 Å². The third kappa shape index (κ3) is 5.51. The summed E-state index contributed by atoms with van der Waals surface area (Å²) in [6.45, 7) is 3.90.